The number of unbranched alkanes of at least 4 members (excludes halogenated alkanes) is 1. The van der Waals surface area contributed by atoms with Crippen LogP contribution in [0.4, 0.5) is 5.69 Å². The molecule has 63 heavy (non-hydrogen) atoms. The number of carbonyl (C=O) groups excluding carboxylic acids is 4. The Labute approximate surface area is 370 Å². The molecule has 0 radical (unpaired) electrons. The fourth-order valence-corrected chi connectivity index (χ4v) is 8.26. The highest BCUT2D eigenvalue weighted by Gasteiger charge is 2.50. The molecule has 0 aliphatic carbocycles. The van der Waals surface area contributed by atoms with Crippen molar-refractivity contribution in [1.82, 2.24) is 10.0 Å². The topological polar surface area (TPSA) is 214 Å². The number of hydrogen-bond acceptors (Lipinski definition) is 14. The van der Waals surface area contributed by atoms with E-state index in [2.05, 4.69) is 5.32 Å². The quantitative estimate of drug-likeness (QED) is 0.0951. The molecule has 348 valence electrons. The average Bonchev–Trinajstić information content (AvgIpc) is 3.52. The van der Waals surface area contributed by atoms with E-state index in [4.69, 9.17) is 23.7 Å². The first kappa shape index (κ1) is 50.5. The van der Waals surface area contributed by atoms with Crippen LogP contribution in [-0.4, -0.2) is 118 Å². The summed E-state index contributed by atoms with van der Waals surface area (Å²) in [6.07, 6.45) is 5.19. The number of phenols is 2. The number of nitrogens with one attached hydrogen (secondary N) is 1. The van der Waals surface area contributed by atoms with Crippen molar-refractivity contribution < 1.29 is 63.3 Å². The summed E-state index contributed by atoms with van der Waals surface area (Å²) in [5.74, 6) is -8.07. The van der Waals surface area contributed by atoms with E-state index >= 15 is 0 Å². The summed E-state index contributed by atoms with van der Waals surface area (Å²) in [6, 6.07) is 1.28. The maximum atomic E-state index is 14.6. The number of rotatable bonds is 11. The predicted octanol–water partition coefficient (Wildman–Crippen LogP) is 6.31. The lowest BCUT2D eigenvalue weighted by Gasteiger charge is -2.38. The molecule has 0 saturated carbocycles. The third-order valence-corrected chi connectivity index (χ3v) is 12.3. The number of carbonyl (C=O) groups is 4. The second-order valence-electron chi connectivity index (χ2n) is 16.7. The summed E-state index contributed by atoms with van der Waals surface area (Å²) in [6.45, 7) is 19.5. The van der Waals surface area contributed by atoms with E-state index in [9.17, 15) is 39.6 Å². The number of anilines is 1. The van der Waals surface area contributed by atoms with Gasteiger partial charge in [0.1, 0.15) is 23.4 Å². The summed E-state index contributed by atoms with van der Waals surface area (Å²) in [5, 5.41) is 52.3. The van der Waals surface area contributed by atoms with E-state index in [1.807, 2.05) is 25.8 Å². The number of hydrazine groups is 1. The number of amides is 2. The van der Waals surface area contributed by atoms with E-state index in [0.717, 1.165) is 12.8 Å². The van der Waals surface area contributed by atoms with E-state index < -0.39 is 89.6 Å². The van der Waals surface area contributed by atoms with Crippen molar-refractivity contribution in [3.63, 3.8) is 0 Å². The maximum absolute atomic E-state index is 14.6. The lowest BCUT2D eigenvalue weighted by atomic mass is 9.78. The zero-order valence-electron chi connectivity index (χ0n) is 38.7. The van der Waals surface area contributed by atoms with Crippen molar-refractivity contribution >= 4 is 40.0 Å². The van der Waals surface area contributed by atoms with Crippen LogP contribution in [0.25, 0.3) is 10.8 Å². The van der Waals surface area contributed by atoms with Crippen molar-refractivity contribution in [2.45, 2.75) is 119 Å². The van der Waals surface area contributed by atoms with Gasteiger partial charge in [0.25, 0.3) is 17.6 Å². The van der Waals surface area contributed by atoms with Crippen LogP contribution in [0.5, 0.6) is 23.0 Å². The number of aliphatic hydroxyl groups excluding tert-OH is 2. The first-order valence-electron chi connectivity index (χ1n) is 21.7. The Balaban J connectivity index is 1.94. The Morgan fingerprint density at radius 3 is 2.21 bits per heavy atom. The van der Waals surface area contributed by atoms with Gasteiger partial charge in [-0.05, 0) is 26.3 Å². The molecular formula is C47H67N3O13. The van der Waals surface area contributed by atoms with Gasteiger partial charge in [0, 0.05) is 86.9 Å². The molecule has 3 heterocycles. The largest absolute Gasteiger partial charge is 0.507 e. The summed E-state index contributed by atoms with van der Waals surface area (Å²) in [7, 11) is 1.44. The lowest BCUT2D eigenvalue weighted by Crippen LogP contribution is -2.48. The van der Waals surface area contributed by atoms with Crippen molar-refractivity contribution in [3.8, 4) is 23.0 Å². The highest BCUT2D eigenvalue weighted by molar-refractivity contribution is 6.21. The number of aliphatic hydroxyl groups is 2. The Kier molecular flexibility index (Phi) is 17.2. The molecule has 2 amide bonds. The lowest BCUT2D eigenvalue weighted by molar-refractivity contribution is -0.160. The van der Waals surface area contributed by atoms with E-state index in [-0.39, 0.29) is 50.6 Å². The first-order valence-corrected chi connectivity index (χ1v) is 21.7. The number of allylic oxidation sites excluding steroid dienone is 2. The first-order chi connectivity index (χ1) is 29.7. The minimum Gasteiger partial charge on any atom is -0.507 e. The summed E-state index contributed by atoms with van der Waals surface area (Å²) >= 11 is 0. The van der Waals surface area contributed by atoms with Gasteiger partial charge in [-0.25, -0.2) is 5.01 Å². The third-order valence-electron chi connectivity index (χ3n) is 12.3. The number of Topliss-reactive ketones (excluding diaryl/α,β-unsaturated/α-hetero) is 1. The predicted molar refractivity (Wildman–Crippen MR) is 237 cm³/mol. The molecule has 16 heteroatoms. The number of methoxy groups -OCH3 is 1. The van der Waals surface area contributed by atoms with Crippen LogP contribution in [0, 0.1) is 30.6 Å². The van der Waals surface area contributed by atoms with Crippen molar-refractivity contribution in [3.05, 3.63) is 53.3 Å². The van der Waals surface area contributed by atoms with Crippen molar-refractivity contribution in [1.29, 1.82) is 0 Å². The highest BCUT2D eigenvalue weighted by Crippen LogP contribution is 2.54. The van der Waals surface area contributed by atoms with Crippen LogP contribution in [0.3, 0.4) is 0 Å². The number of hydrogen-bond donors (Lipinski definition) is 5. The number of esters is 1. The molecule has 3 aliphatic heterocycles. The standard InChI is InChI=1S/C47H67N3O13/c1-13-16-21-50(49(14-2)15-3)35(52)24-60-34-23-32-42(56)37-36(34)38-44(30(9)41(37)55)63-47(11,45(38)57)61-22-20-33(59-12)27(6)43(62-31(10)51)29(8)40(54)28(7)39(53)25(4)18-17-19-26(5)46(58)48-32/h17-20,22-23,25,27-29,33,39-40,43,53-56H,13-16,21,24H2,1-12H3,(H,48,58)/b18-17+,22-20+,26-19+. The molecule has 16 nitrogen and oxygen atoms in total. The van der Waals surface area contributed by atoms with Crippen LogP contribution in [0.1, 0.15) is 98.0 Å². The number of ketones is 1. The van der Waals surface area contributed by atoms with Gasteiger partial charge in [-0.15, -0.1) is 0 Å². The van der Waals surface area contributed by atoms with E-state index in [1.165, 1.54) is 59.3 Å². The molecule has 3 aliphatic rings. The van der Waals surface area contributed by atoms with E-state index in [0.29, 0.717) is 19.6 Å². The van der Waals surface area contributed by atoms with Gasteiger partial charge >= 0.3 is 11.8 Å². The minimum absolute atomic E-state index is 0.0583. The molecule has 5 N–H and O–H groups in total. The molecule has 0 aromatic heterocycles. The van der Waals surface area contributed by atoms with E-state index in [1.54, 1.807) is 44.9 Å². The number of phenolic OH excluding ortho intramolecular Hbond substituents is 2. The Morgan fingerprint density at radius 1 is 0.937 bits per heavy atom. The fourth-order valence-electron chi connectivity index (χ4n) is 8.26. The molecular weight excluding hydrogens is 815 g/mol. The highest BCUT2D eigenvalue weighted by atomic mass is 16.7. The van der Waals surface area contributed by atoms with Crippen LogP contribution in [0.15, 0.2) is 42.2 Å². The van der Waals surface area contributed by atoms with Crippen LogP contribution in [-0.2, 0) is 28.6 Å². The second kappa shape index (κ2) is 21.5. The minimum atomic E-state index is -2.04. The summed E-state index contributed by atoms with van der Waals surface area (Å²) < 4.78 is 30.0. The molecule has 9 unspecified atom stereocenters. The van der Waals surface area contributed by atoms with Crippen LogP contribution in [0.2, 0.25) is 0 Å². The third kappa shape index (κ3) is 10.8. The average molecular weight is 882 g/mol. The number of aromatic hydroxyl groups is 2. The van der Waals surface area contributed by atoms with Gasteiger partial charge in [0.15, 0.2) is 12.4 Å². The molecule has 0 saturated heterocycles. The number of nitrogens with zero attached hydrogens (tertiary/aromatic N) is 2. The van der Waals surface area contributed by atoms with Gasteiger partial charge in [-0.2, -0.15) is 0 Å². The normalized spacial score (nSPS) is 28.8. The molecule has 2 aromatic rings. The Hall–Kier alpha value is -5.16. The fraction of sp³-hybridized carbons (Fsp3) is 0.574. The molecule has 9 atom stereocenters. The molecule has 2 aromatic carbocycles. The molecule has 5 bridgehead atoms. The number of fused-ring (bicyclic) bond motifs is 14. The zero-order chi connectivity index (χ0) is 47.1. The zero-order valence-corrected chi connectivity index (χ0v) is 38.7. The Bertz CT molecular complexity index is 2100. The SMILES string of the molecule is CCCCN(C(=O)COc1cc2c(O)c3c(O)c(C)c4c(c13)C(=O)C(C)(O/C=C/C(OC)C(C)C(OC(C)=O)C(C)C(O)C(C)C(O)C(C)/C=C/C=C(\C)C(=O)N2)O4)N(CC)CC. The second-order valence-corrected chi connectivity index (χ2v) is 16.7. The number of ether oxygens (including phenoxy) is 5. The summed E-state index contributed by atoms with van der Waals surface area (Å²) in [5.41, 5.74) is -0.0124. The van der Waals surface area contributed by atoms with Gasteiger partial charge < -0.3 is 49.4 Å². The van der Waals surface area contributed by atoms with Gasteiger partial charge in [-0.3, -0.25) is 24.2 Å². The number of benzene rings is 2. The maximum Gasteiger partial charge on any atom is 0.312 e. The monoisotopic (exact) mass is 881 g/mol. The smallest absolute Gasteiger partial charge is 0.312 e. The molecule has 0 fully saturated rings. The summed E-state index contributed by atoms with van der Waals surface area (Å²) in [4.78, 5) is 54.6. The van der Waals surface area contributed by atoms with Crippen LogP contribution < -0.4 is 14.8 Å². The van der Waals surface area contributed by atoms with Crippen molar-refractivity contribution in [2.24, 2.45) is 23.7 Å². The molecule has 0 spiro atoms. The van der Waals surface area contributed by atoms with Gasteiger partial charge in [0.05, 0.1) is 41.2 Å². The van der Waals surface area contributed by atoms with Crippen molar-refractivity contribution in [2.75, 3.05) is 38.7 Å². The van der Waals surface area contributed by atoms with Crippen LogP contribution >= 0.6 is 0 Å². The van der Waals surface area contributed by atoms with Gasteiger partial charge in [0.2, 0.25) is 0 Å². The van der Waals surface area contributed by atoms with Gasteiger partial charge in [-0.1, -0.05) is 73.1 Å². The molecule has 5 rings (SSSR count). The Morgan fingerprint density at radius 2 is 1.60 bits per heavy atom.